The van der Waals surface area contributed by atoms with Gasteiger partial charge in [0.15, 0.2) is 11.0 Å². The Bertz CT molecular complexity index is 1260. The molecule has 0 aliphatic carbocycles. The summed E-state index contributed by atoms with van der Waals surface area (Å²) < 4.78 is 7.40. The quantitative estimate of drug-likeness (QED) is 0.378. The van der Waals surface area contributed by atoms with Gasteiger partial charge in [0.2, 0.25) is 0 Å². The largest absolute Gasteiger partial charge is 0.497 e. The number of aromatic nitrogens is 5. The molecular formula is C22H25N5O2S2. The fourth-order valence-electron chi connectivity index (χ4n) is 3.37. The molecule has 162 valence electrons. The van der Waals surface area contributed by atoms with Crippen molar-refractivity contribution < 1.29 is 4.74 Å². The summed E-state index contributed by atoms with van der Waals surface area (Å²) in [6, 6.07) is 7.84. The molecule has 0 amide bonds. The van der Waals surface area contributed by atoms with E-state index in [0.29, 0.717) is 17.0 Å². The lowest BCUT2D eigenvalue weighted by molar-refractivity contribution is 0.415. The van der Waals surface area contributed by atoms with Crippen molar-refractivity contribution in [3.8, 4) is 17.1 Å². The second kappa shape index (κ2) is 9.23. The molecule has 3 aromatic heterocycles. The first-order chi connectivity index (χ1) is 15.0. The van der Waals surface area contributed by atoms with Crippen LogP contribution in [0.25, 0.3) is 21.6 Å². The number of aromatic amines is 1. The summed E-state index contributed by atoms with van der Waals surface area (Å²) in [4.78, 5) is 22.1. The summed E-state index contributed by atoms with van der Waals surface area (Å²) in [5.41, 5.74) is 1.93. The summed E-state index contributed by atoms with van der Waals surface area (Å²) in [6.07, 6.45) is 2.11. The Labute approximate surface area is 188 Å². The molecule has 4 rings (SSSR count). The zero-order valence-corrected chi connectivity index (χ0v) is 19.7. The van der Waals surface area contributed by atoms with E-state index in [1.807, 2.05) is 38.1 Å². The second-order valence-corrected chi connectivity index (χ2v) is 9.45. The number of thiophene rings is 1. The van der Waals surface area contributed by atoms with Crippen LogP contribution >= 0.6 is 23.1 Å². The number of unbranched alkanes of at least 4 members (excludes halogenated alkanes) is 1. The van der Waals surface area contributed by atoms with Gasteiger partial charge in [-0.25, -0.2) is 4.98 Å². The van der Waals surface area contributed by atoms with Gasteiger partial charge in [-0.1, -0.05) is 25.1 Å². The molecule has 1 N–H and O–H groups in total. The summed E-state index contributed by atoms with van der Waals surface area (Å²) in [5, 5.41) is 10.4. The van der Waals surface area contributed by atoms with Crippen molar-refractivity contribution in [2.75, 3.05) is 7.11 Å². The zero-order chi connectivity index (χ0) is 22.0. The third-order valence-corrected chi connectivity index (χ3v) is 7.31. The highest BCUT2D eigenvalue weighted by Gasteiger charge is 2.16. The number of fused-ring (bicyclic) bond motifs is 1. The smallest absolute Gasteiger partial charge is 0.259 e. The number of thioether (sulfide) groups is 1. The van der Waals surface area contributed by atoms with Crippen molar-refractivity contribution in [2.24, 2.45) is 0 Å². The van der Waals surface area contributed by atoms with Gasteiger partial charge in [-0.3, -0.25) is 4.79 Å². The minimum Gasteiger partial charge on any atom is -0.497 e. The Morgan fingerprint density at radius 1 is 1.19 bits per heavy atom. The summed E-state index contributed by atoms with van der Waals surface area (Å²) in [6.45, 7) is 6.99. The van der Waals surface area contributed by atoms with Gasteiger partial charge in [0.05, 0.1) is 18.2 Å². The van der Waals surface area contributed by atoms with Gasteiger partial charge >= 0.3 is 0 Å². The molecule has 4 aromatic rings. The van der Waals surface area contributed by atoms with Crippen molar-refractivity contribution in [3.63, 3.8) is 0 Å². The lowest BCUT2D eigenvalue weighted by atomic mass is 10.2. The summed E-state index contributed by atoms with van der Waals surface area (Å²) >= 11 is 3.10. The van der Waals surface area contributed by atoms with E-state index in [4.69, 9.17) is 4.74 Å². The molecule has 3 heterocycles. The Hall–Kier alpha value is -2.65. The molecule has 0 radical (unpaired) electrons. The average molecular weight is 456 g/mol. The van der Waals surface area contributed by atoms with Crippen molar-refractivity contribution in [1.82, 2.24) is 24.7 Å². The second-order valence-electron chi connectivity index (χ2n) is 7.30. The first-order valence-corrected chi connectivity index (χ1v) is 12.0. The van der Waals surface area contributed by atoms with Gasteiger partial charge in [0.25, 0.3) is 5.56 Å². The Morgan fingerprint density at radius 3 is 2.68 bits per heavy atom. The maximum absolute atomic E-state index is 12.6. The lowest BCUT2D eigenvalue weighted by Crippen LogP contribution is -2.11. The fourth-order valence-corrected chi connectivity index (χ4v) is 5.25. The highest BCUT2D eigenvalue weighted by Crippen LogP contribution is 2.29. The SMILES string of the molecule is CCCCn1c(SCc2nc3sc(C)c(C)c3c(=O)[nH]2)nnc1-c1ccc(OC)cc1. The van der Waals surface area contributed by atoms with Gasteiger partial charge in [-0.15, -0.1) is 21.5 Å². The number of ether oxygens (including phenoxy) is 1. The van der Waals surface area contributed by atoms with E-state index >= 15 is 0 Å². The third kappa shape index (κ3) is 4.38. The normalized spacial score (nSPS) is 11.4. The van der Waals surface area contributed by atoms with Crippen LogP contribution in [0.5, 0.6) is 5.75 Å². The molecule has 0 spiro atoms. The number of benzene rings is 1. The highest BCUT2D eigenvalue weighted by atomic mass is 32.2. The molecule has 0 aliphatic heterocycles. The van der Waals surface area contributed by atoms with Crippen LogP contribution in [0.4, 0.5) is 0 Å². The standard InChI is InChI=1S/C22H25N5O2S2/c1-5-6-11-27-19(15-7-9-16(29-4)10-8-15)25-26-22(27)30-12-17-23-20(28)18-13(2)14(3)31-21(18)24-17/h7-10H,5-6,11-12H2,1-4H3,(H,23,24,28). The van der Waals surface area contributed by atoms with Crippen LogP contribution in [0.2, 0.25) is 0 Å². The van der Waals surface area contributed by atoms with Crippen LogP contribution in [0, 0.1) is 13.8 Å². The van der Waals surface area contributed by atoms with Gasteiger partial charge < -0.3 is 14.3 Å². The van der Waals surface area contributed by atoms with E-state index < -0.39 is 0 Å². The Balaban J connectivity index is 1.61. The van der Waals surface area contributed by atoms with E-state index in [2.05, 4.69) is 31.7 Å². The fraction of sp³-hybridized carbons (Fsp3) is 0.364. The molecule has 0 bridgehead atoms. The summed E-state index contributed by atoms with van der Waals surface area (Å²) in [5.74, 6) is 2.82. The number of H-pyrrole nitrogens is 1. The van der Waals surface area contributed by atoms with Crippen LogP contribution in [-0.2, 0) is 12.3 Å². The molecule has 0 atom stereocenters. The van der Waals surface area contributed by atoms with Crippen molar-refractivity contribution >= 4 is 33.3 Å². The number of aryl methyl sites for hydroxylation is 2. The third-order valence-electron chi connectivity index (χ3n) is 5.23. The van der Waals surface area contributed by atoms with Crippen molar-refractivity contribution in [3.05, 3.63) is 50.9 Å². The van der Waals surface area contributed by atoms with Gasteiger partial charge in [0.1, 0.15) is 16.4 Å². The molecule has 1 aromatic carbocycles. The minimum absolute atomic E-state index is 0.0752. The Kier molecular flexibility index (Phi) is 6.43. The number of hydrogen-bond donors (Lipinski definition) is 1. The topological polar surface area (TPSA) is 85.7 Å². The van der Waals surface area contributed by atoms with Crippen LogP contribution in [-0.4, -0.2) is 31.8 Å². The summed E-state index contributed by atoms with van der Waals surface area (Å²) in [7, 11) is 1.65. The van der Waals surface area contributed by atoms with E-state index in [9.17, 15) is 4.79 Å². The molecule has 0 aliphatic rings. The van der Waals surface area contributed by atoms with E-state index in [1.165, 1.54) is 11.8 Å². The molecular weight excluding hydrogens is 430 g/mol. The molecule has 9 heteroatoms. The number of hydrogen-bond acceptors (Lipinski definition) is 7. The number of methoxy groups -OCH3 is 1. The number of nitrogens with zero attached hydrogens (tertiary/aromatic N) is 4. The lowest BCUT2D eigenvalue weighted by Gasteiger charge is -2.10. The van der Waals surface area contributed by atoms with Crippen LogP contribution in [0.3, 0.4) is 0 Å². The van der Waals surface area contributed by atoms with Crippen LogP contribution in [0.15, 0.2) is 34.2 Å². The number of rotatable bonds is 8. The monoisotopic (exact) mass is 455 g/mol. The molecule has 7 nitrogen and oxygen atoms in total. The highest BCUT2D eigenvalue weighted by molar-refractivity contribution is 7.98. The van der Waals surface area contributed by atoms with E-state index in [1.54, 1.807) is 18.4 Å². The van der Waals surface area contributed by atoms with E-state index in [0.717, 1.165) is 57.0 Å². The molecule has 0 saturated heterocycles. The average Bonchev–Trinajstić information content (AvgIpc) is 3.31. The molecule has 31 heavy (non-hydrogen) atoms. The van der Waals surface area contributed by atoms with Crippen LogP contribution < -0.4 is 10.3 Å². The predicted octanol–water partition coefficient (Wildman–Crippen LogP) is 4.96. The van der Waals surface area contributed by atoms with Crippen molar-refractivity contribution in [1.29, 1.82) is 0 Å². The van der Waals surface area contributed by atoms with Gasteiger partial charge in [-0.2, -0.15) is 0 Å². The predicted molar refractivity (Wildman–Crippen MR) is 126 cm³/mol. The van der Waals surface area contributed by atoms with Gasteiger partial charge in [0, 0.05) is 17.0 Å². The molecule has 0 saturated carbocycles. The minimum atomic E-state index is -0.0752. The molecule has 0 unspecified atom stereocenters. The Morgan fingerprint density at radius 2 is 1.97 bits per heavy atom. The maximum Gasteiger partial charge on any atom is 0.259 e. The number of nitrogens with one attached hydrogen (secondary N) is 1. The van der Waals surface area contributed by atoms with Crippen LogP contribution in [0.1, 0.15) is 36.0 Å². The van der Waals surface area contributed by atoms with Gasteiger partial charge in [-0.05, 0) is 50.1 Å². The maximum atomic E-state index is 12.6. The molecule has 0 fully saturated rings. The first kappa shape index (κ1) is 21.6. The van der Waals surface area contributed by atoms with Crippen molar-refractivity contribution in [2.45, 2.75) is 51.1 Å². The van der Waals surface area contributed by atoms with E-state index in [-0.39, 0.29) is 5.56 Å². The first-order valence-electron chi connectivity index (χ1n) is 10.2. The zero-order valence-electron chi connectivity index (χ0n) is 18.1.